The van der Waals surface area contributed by atoms with Crippen molar-refractivity contribution in [3.8, 4) is 11.5 Å². The van der Waals surface area contributed by atoms with Crippen LogP contribution in [0.15, 0.2) is 54.6 Å². The maximum Gasteiger partial charge on any atom is 0.127 e. The molecule has 2 aromatic carbocycles. The summed E-state index contributed by atoms with van der Waals surface area (Å²) in [6.07, 6.45) is 1.16. The van der Waals surface area contributed by atoms with Gasteiger partial charge in [-0.1, -0.05) is 25.1 Å². The van der Waals surface area contributed by atoms with Gasteiger partial charge in [-0.3, -0.25) is 0 Å². The highest BCUT2D eigenvalue weighted by molar-refractivity contribution is 5.47. The lowest BCUT2D eigenvalue weighted by atomic mass is 10.2. The molecule has 0 saturated carbocycles. The summed E-state index contributed by atoms with van der Waals surface area (Å²) in [6.45, 7) is 6.28. The molecule has 0 bridgehead atoms. The van der Waals surface area contributed by atoms with Gasteiger partial charge in [-0.2, -0.15) is 0 Å². The van der Waals surface area contributed by atoms with E-state index >= 15 is 0 Å². The minimum absolute atomic E-state index is 0.577. The summed E-state index contributed by atoms with van der Waals surface area (Å²) in [5, 5.41) is 6.86. The number of hydrogen-bond donors (Lipinski definition) is 2. The number of hydrogen-bond acceptors (Lipinski definition) is 3. The molecule has 0 amide bonds. The van der Waals surface area contributed by atoms with Gasteiger partial charge in [-0.25, -0.2) is 0 Å². The van der Waals surface area contributed by atoms with Gasteiger partial charge in [0.25, 0.3) is 0 Å². The molecule has 1 unspecified atom stereocenters. The van der Waals surface area contributed by atoms with Crippen molar-refractivity contribution in [2.75, 3.05) is 18.4 Å². The van der Waals surface area contributed by atoms with E-state index in [9.17, 15) is 0 Å². The Balaban J connectivity index is 1.77. The molecular weight excluding hydrogens is 260 g/mol. The summed E-state index contributed by atoms with van der Waals surface area (Å²) in [5.41, 5.74) is 1.11. The summed E-state index contributed by atoms with van der Waals surface area (Å²) < 4.78 is 5.76. The quantitative estimate of drug-likeness (QED) is 0.710. The Morgan fingerprint density at radius 2 is 1.57 bits per heavy atom. The third-order valence-corrected chi connectivity index (χ3v) is 3.39. The Kier molecular flexibility index (Phi) is 6.10. The van der Waals surface area contributed by atoms with Crippen LogP contribution >= 0.6 is 0 Å². The largest absolute Gasteiger partial charge is 0.457 e. The van der Waals surface area contributed by atoms with Crippen LogP contribution in [0.25, 0.3) is 0 Å². The lowest BCUT2D eigenvalue weighted by molar-refractivity contribution is 0.483. The first-order valence-corrected chi connectivity index (χ1v) is 7.58. The van der Waals surface area contributed by atoms with Crippen molar-refractivity contribution in [1.82, 2.24) is 5.32 Å². The molecule has 0 aromatic heterocycles. The smallest absolute Gasteiger partial charge is 0.127 e. The van der Waals surface area contributed by atoms with Crippen molar-refractivity contribution in [1.29, 1.82) is 0 Å². The van der Waals surface area contributed by atoms with Crippen LogP contribution in [0.3, 0.4) is 0 Å². The molecule has 1 atom stereocenters. The maximum atomic E-state index is 5.76. The van der Waals surface area contributed by atoms with Crippen molar-refractivity contribution < 1.29 is 4.74 Å². The van der Waals surface area contributed by atoms with Crippen LogP contribution in [0.2, 0.25) is 0 Å². The first kappa shape index (κ1) is 15.4. The minimum Gasteiger partial charge on any atom is -0.457 e. The standard InChI is InChI=1S/C18H24N2O/c1-3-15(2)19-13-14-20-16-9-11-18(12-10-16)21-17-7-5-4-6-8-17/h4-12,15,19-20H,3,13-14H2,1-2H3. The summed E-state index contributed by atoms with van der Waals surface area (Å²) in [4.78, 5) is 0. The number of benzene rings is 2. The number of para-hydroxylation sites is 1. The van der Waals surface area contributed by atoms with Crippen LogP contribution in [0.4, 0.5) is 5.69 Å². The predicted molar refractivity (Wildman–Crippen MR) is 89.2 cm³/mol. The van der Waals surface area contributed by atoms with Crippen LogP contribution < -0.4 is 15.4 Å². The predicted octanol–water partition coefficient (Wildman–Crippen LogP) is 4.28. The fourth-order valence-corrected chi connectivity index (χ4v) is 1.94. The highest BCUT2D eigenvalue weighted by Gasteiger charge is 1.98. The zero-order chi connectivity index (χ0) is 14.9. The van der Waals surface area contributed by atoms with Gasteiger partial charge in [0.2, 0.25) is 0 Å². The number of nitrogens with one attached hydrogen (secondary N) is 2. The van der Waals surface area contributed by atoms with Crippen molar-refractivity contribution in [3.05, 3.63) is 54.6 Å². The van der Waals surface area contributed by atoms with Gasteiger partial charge in [0, 0.05) is 24.8 Å². The molecule has 112 valence electrons. The fourth-order valence-electron chi connectivity index (χ4n) is 1.94. The Morgan fingerprint density at radius 1 is 0.905 bits per heavy atom. The lowest BCUT2D eigenvalue weighted by Gasteiger charge is -2.12. The van der Waals surface area contributed by atoms with Gasteiger partial charge in [0.1, 0.15) is 11.5 Å². The van der Waals surface area contributed by atoms with Crippen LogP contribution in [-0.2, 0) is 0 Å². The van der Waals surface area contributed by atoms with E-state index in [2.05, 4.69) is 24.5 Å². The molecule has 0 aliphatic carbocycles. The summed E-state index contributed by atoms with van der Waals surface area (Å²) in [5.74, 6) is 1.71. The molecular formula is C18H24N2O. The summed E-state index contributed by atoms with van der Waals surface area (Å²) >= 11 is 0. The zero-order valence-electron chi connectivity index (χ0n) is 12.8. The topological polar surface area (TPSA) is 33.3 Å². The molecule has 21 heavy (non-hydrogen) atoms. The second kappa shape index (κ2) is 8.32. The van der Waals surface area contributed by atoms with E-state index in [1.807, 2.05) is 54.6 Å². The van der Waals surface area contributed by atoms with Crippen LogP contribution in [0, 0.1) is 0 Å². The van der Waals surface area contributed by atoms with E-state index in [-0.39, 0.29) is 0 Å². The first-order valence-electron chi connectivity index (χ1n) is 7.58. The zero-order valence-corrected chi connectivity index (χ0v) is 12.8. The Hall–Kier alpha value is -2.00. The highest BCUT2D eigenvalue weighted by atomic mass is 16.5. The van der Waals surface area contributed by atoms with E-state index in [4.69, 9.17) is 4.74 Å². The fraction of sp³-hybridized carbons (Fsp3) is 0.333. The maximum absolute atomic E-state index is 5.76. The summed E-state index contributed by atoms with van der Waals surface area (Å²) in [6, 6.07) is 18.4. The van der Waals surface area contributed by atoms with Crippen molar-refractivity contribution >= 4 is 5.69 Å². The van der Waals surface area contributed by atoms with Crippen molar-refractivity contribution in [3.63, 3.8) is 0 Å². The third-order valence-electron chi connectivity index (χ3n) is 3.39. The van der Waals surface area contributed by atoms with Gasteiger partial charge >= 0.3 is 0 Å². The van der Waals surface area contributed by atoms with Gasteiger partial charge < -0.3 is 15.4 Å². The Morgan fingerprint density at radius 3 is 2.24 bits per heavy atom. The molecule has 0 radical (unpaired) electrons. The SMILES string of the molecule is CCC(C)NCCNc1ccc(Oc2ccccc2)cc1. The van der Waals surface area contributed by atoms with E-state index in [1.165, 1.54) is 0 Å². The van der Waals surface area contributed by atoms with E-state index in [0.29, 0.717) is 6.04 Å². The second-order valence-electron chi connectivity index (χ2n) is 5.13. The molecule has 3 nitrogen and oxygen atoms in total. The Bertz CT molecular complexity index is 511. The van der Waals surface area contributed by atoms with Crippen LogP contribution in [0.1, 0.15) is 20.3 Å². The molecule has 0 aliphatic heterocycles. The molecule has 2 N–H and O–H groups in total. The van der Waals surface area contributed by atoms with Crippen molar-refractivity contribution in [2.24, 2.45) is 0 Å². The highest BCUT2D eigenvalue weighted by Crippen LogP contribution is 2.22. The van der Waals surface area contributed by atoms with Gasteiger partial charge in [0.05, 0.1) is 0 Å². The van der Waals surface area contributed by atoms with Gasteiger partial charge in [-0.05, 0) is 49.7 Å². The first-order chi connectivity index (χ1) is 10.3. The molecule has 0 fully saturated rings. The molecule has 2 rings (SSSR count). The molecule has 0 saturated heterocycles. The number of ether oxygens (including phenoxy) is 1. The number of anilines is 1. The average molecular weight is 284 g/mol. The molecule has 2 aromatic rings. The summed E-state index contributed by atoms with van der Waals surface area (Å²) in [7, 11) is 0. The van der Waals surface area contributed by atoms with Crippen molar-refractivity contribution in [2.45, 2.75) is 26.3 Å². The molecule has 0 heterocycles. The number of rotatable bonds is 8. The van der Waals surface area contributed by atoms with Gasteiger partial charge in [-0.15, -0.1) is 0 Å². The molecule has 0 spiro atoms. The molecule has 3 heteroatoms. The van der Waals surface area contributed by atoms with E-state index in [0.717, 1.165) is 36.7 Å². The lowest BCUT2D eigenvalue weighted by Crippen LogP contribution is -2.30. The van der Waals surface area contributed by atoms with Gasteiger partial charge in [0.15, 0.2) is 0 Å². The average Bonchev–Trinajstić information content (AvgIpc) is 2.54. The second-order valence-corrected chi connectivity index (χ2v) is 5.13. The Labute approximate surface area is 127 Å². The third kappa shape index (κ3) is 5.48. The molecule has 0 aliphatic rings. The van der Waals surface area contributed by atoms with Crippen LogP contribution in [-0.4, -0.2) is 19.1 Å². The van der Waals surface area contributed by atoms with Crippen LogP contribution in [0.5, 0.6) is 11.5 Å². The van der Waals surface area contributed by atoms with E-state index < -0.39 is 0 Å². The normalized spacial score (nSPS) is 11.9. The van der Waals surface area contributed by atoms with E-state index in [1.54, 1.807) is 0 Å². The monoisotopic (exact) mass is 284 g/mol. The minimum atomic E-state index is 0.577.